The lowest BCUT2D eigenvalue weighted by Gasteiger charge is -2.45. The molecule has 2 aromatic carbocycles. The number of sulfonamides is 1. The summed E-state index contributed by atoms with van der Waals surface area (Å²) >= 11 is 0. The predicted octanol–water partition coefficient (Wildman–Crippen LogP) is 7.43. The molecule has 43 heavy (non-hydrogen) atoms. The molecule has 1 unspecified atom stereocenters. The Balaban J connectivity index is 1.58. The van der Waals surface area contributed by atoms with Crippen LogP contribution in [-0.4, -0.2) is 44.7 Å². The van der Waals surface area contributed by atoms with E-state index in [0.717, 1.165) is 16.8 Å². The number of aromatic nitrogens is 1. The average molecular weight is 626 g/mol. The SMILES string of the molecule is CC1(C)OC(N[C@@H](CCO[Si](C)(C)C(C)(C)C)c2ccccc2F)=NS(=O)(=O)C1(C)Cc1ccc(-c2ccccn2)cc1. The number of hydrogen-bond donors (Lipinski definition) is 1. The second-order valence-corrected chi connectivity index (χ2v) is 20.3. The molecule has 0 spiro atoms. The van der Waals surface area contributed by atoms with Crippen molar-refractivity contribution in [2.45, 2.75) is 88.9 Å². The number of hydrogen-bond acceptors (Lipinski definition) is 6. The highest BCUT2D eigenvalue weighted by Gasteiger charge is 2.57. The number of amidine groups is 1. The Hall–Kier alpha value is -3.08. The second-order valence-electron chi connectivity index (χ2n) is 13.4. The molecular weight excluding hydrogens is 582 g/mol. The van der Waals surface area contributed by atoms with Crippen molar-refractivity contribution in [2.24, 2.45) is 4.40 Å². The molecule has 0 radical (unpaired) electrons. The summed E-state index contributed by atoms with van der Waals surface area (Å²) in [4.78, 5) is 4.38. The number of rotatable bonds is 9. The molecule has 1 aliphatic rings. The zero-order chi connectivity index (χ0) is 31.7. The van der Waals surface area contributed by atoms with Gasteiger partial charge in [0.1, 0.15) is 16.2 Å². The van der Waals surface area contributed by atoms with Crippen molar-refractivity contribution in [2.75, 3.05) is 6.61 Å². The van der Waals surface area contributed by atoms with Crippen molar-refractivity contribution in [3.05, 3.63) is 89.9 Å². The maximum absolute atomic E-state index is 15.0. The summed E-state index contributed by atoms with van der Waals surface area (Å²) < 4.78 is 58.1. The normalized spacial score (nSPS) is 20.5. The van der Waals surface area contributed by atoms with E-state index in [1.807, 2.05) is 42.5 Å². The molecule has 2 atom stereocenters. The van der Waals surface area contributed by atoms with E-state index in [0.29, 0.717) is 18.6 Å². The van der Waals surface area contributed by atoms with Gasteiger partial charge < -0.3 is 14.5 Å². The fourth-order valence-electron chi connectivity index (χ4n) is 4.83. The van der Waals surface area contributed by atoms with Crippen LogP contribution in [0.1, 0.15) is 65.1 Å². The zero-order valence-electron chi connectivity index (χ0n) is 26.4. The molecule has 232 valence electrons. The summed E-state index contributed by atoms with van der Waals surface area (Å²) in [5.41, 5.74) is 1.85. The number of halogens is 1. The van der Waals surface area contributed by atoms with Gasteiger partial charge in [0.25, 0.3) is 10.0 Å². The number of pyridine rings is 1. The topological polar surface area (TPSA) is 89.9 Å². The van der Waals surface area contributed by atoms with Gasteiger partial charge in [-0.05, 0) is 75.5 Å². The summed E-state index contributed by atoms with van der Waals surface area (Å²) in [6.45, 7) is 16.3. The van der Waals surface area contributed by atoms with E-state index in [1.54, 1.807) is 45.2 Å². The average Bonchev–Trinajstić information content (AvgIpc) is 2.92. The van der Waals surface area contributed by atoms with Crippen molar-refractivity contribution < 1.29 is 22.0 Å². The van der Waals surface area contributed by atoms with E-state index in [1.165, 1.54) is 6.07 Å². The third-order valence-electron chi connectivity index (χ3n) is 9.11. The molecule has 3 aromatic rings. The summed E-state index contributed by atoms with van der Waals surface area (Å²) in [5, 5.41) is 3.13. The van der Waals surface area contributed by atoms with Gasteiger partial charge >= 0.3 is 6.02 Å². The fraction of sp³-hybridized carbons (Fsp3) is 0.455. The predicted molar refractivity (Wildman–Crippen MR) is 173 cm³/mol. The largest absolute Gasteiger partial charge is 0.457 e. The van der Waals surface area contributed by atoms with Crippen molar-refractivity contribution >= 4 is 24.4 Å². The Morgan fingerprint density at radius 2 is 1.65 bits per heavy atom. The molecule has 10 heteroatoms. The molecule has 0 saturated carbocycles. The van der Waals surface area contributed by atoms with Crippen LogP contribution in [0.15, 0.2) is 77.3 Å². The van der Waals surface area contributed by atoms with Crippen LogP contribution >= 0.6 is 0 Å². The summed E-state index contributed by atoms with van der Waals surface area (Å²) in [6.07, 6.45) is 2.33. The number of nitrogens with one attached hydrogen (secondary N) is 1. The minimum absolute atomic E-state index is 0.0196. The molecule has 1 aromatic heterocycles. The molecule has 0 fully saturated rings. The van der Waals surface area contributed by atoms with E-state index in [2.05, 4.69) is 48.6 Å². The first-order chi connectivity index (χ1) is 20.0. The monoisotopic (exact) mass is 625 g/mol. The molecule has 1 aliphatic heterocycles. The van der Waals surface area contributed by atoms with E-state index in [-0.39, 0.29) is 17.5 Å². The molecule has 7 nitrogen and oxygen atoms in total. The van der Waals surface area contributed by atoms with Gasteiger partial charge in [-0.3, -0.25) is 4.98 Å². The van der Waals surface area contributed by atoms with E-state index < -0.39 is 40.5 Å². The van der Waals surface area contributed by atoms with Gasteiger partial charge in [-0.25, -0.2) is 12.8 Å². The summed E-state index contributed by atoms with van der Waals surface area (Å²) in [7, 11) is -6.12. The zero-order valence-corrected chi connectivity index (χ0v) is 28.3. The number of ether oxygens (including phenoxy) is 1. The molecule has 0 aliphatic carbocycles. The van der Waals surface area contributed by atoms with Crippen LogP contribution in [0.3, 0.4) is 0 Å². The quantitative estimate of drug-likeness (QED) is 0.249. The fourth-order valence-corrected chi connectivity index (χ4v) is 7.41. The highest BCUT2D eigenvalue weighted by molar-refractivity contribution is 7.91. The molecule has 0 saturated heterocycles. The second kappa shape index (κ2) is 12.1. The minimum atomic E-state index is -4.07. The van der Waals surface area contributed by atoms with Crippen LogP contribution in [0, 0.1) is 5.82 Å². The van der Waals surface area contributed by atoms with Crippen LogP contribution in [0.5, 0.6) is 0 Å². The van der Waals surface area contributed by atoms with Crippen molar-refractivity contribution in [1.82, 2.24) is 10.3 Å². The van der Waals surface area contributed by atoms with Crippen LogP contribution < -0.4 is 5.32 Å². The third-order valence-corrected chi connectivity index (χ3v) is 15.8. The van der Waals surface area contributed by atoms with E-state index in [4.69, 9.17) is 9.16 Å². The Labute approximate surface area is 257 Å². The molecule has 4 rings (SSSR count). The Bertz CT molecular complexity index is 1550. The summed E-state index contributed by atoms with van der Waals surface area (Å²) in [6, 6.07) is 19.1. The van der Waals surface area contributed by atoms with E-state index >= 15 is 0 Å². The first-order valence-corrected chi connectivity index (χ1v) is 19.0. The van der Waals surface area contributed by atoms with Crippen molar-refractivity contribution in [1.29, 1.82) is 0 Å². The lowest BCUT2D eigenvalue weighted by molar-refractivity contribution is 0.0405. The van der Waals surface area contributed by atoms with Gasteiger partial charge in [-0.2, -0.15) is 0 Å². The van der Waals surface area contributed by atoms with Crippen LogP contribution in [0.25, 0.3) is 11.3 Å². The molecule has 2 heterocycles. The summed E-state index contributed by atoms with van der Waals surface area (Å²) in [5.74, 6) is -0.398. The maximum Gasteiger partial charge on any atom is 0.301 e. The minimum Gasteiger partial charge on any atom is -0.457 e. The number of nitrogens with zero attached hydrogens (tertiary/aromatic N) is 2. The molecule has 1 N–H and O–H groups in total. The van der Waals surface area contributed by atoms with Crippen molar-refractivity contribution in [3.63, 3.8) is 0 Å². The highest BCUT2D eigenvalue weighted by atomic mass is 32.2. The lowest BCUT2D eigenvalue weighted by Crippen LogP contribution is -2.61. The van der Waals surface area contributed by atoms with Gasteiger partial charge in [-0.1, -0.05) is 69.3 Å². The number of benzene rings is 2. The Kier molecular flexibility index (Phi) is 9.26. The van der Waals surface area contributed by atoms with Gasteiger partial charge in [-0.15, -0.1) is 4.40 Å². The van der Waals surface area contributed by atoms with Crippen molar-refractivity contribution in [3.8, 4) is 11.3 Å². The van der Waals surface area contributed by atoms with Crippen LogP contribution in [0.2, 0.25) is 18.1 Å². The maximum atomic E-state index is 15.0. The van der Waals surface area contributed by atoms with Gasteiger partial charge in [0.05, 0.1) is 11.7 Å². The van der Waals surface area contributed by atoms with E-state index in [9.17, 15) is 12.8 Å². The molecule has 0 bridgehead atoms. The Morgan fingerprint density at radius 3 is 2.23 bits per heavy atom. The highest BCUT2D eigenvalue weighted by Crippen LogP contribution is 2.41. The third kappa shape index (κ3) is 7.02. The van der Waals surface area contributed by atoms with Gasteiger partial charge in [0.2, 0.25) is 0 Å². The molecule has 0 amide bonds. The smallest absolute Gasteiger partial charge is 0.301 e. The van der Waals surface area contributed by atoms with Crippen LogP contribution in [-0.2, 0) is 25.6 Å². The standard InChI is InChI=1S/C33H44FN3O4SSi/c1-31(2,3)43(7,8)40-22-20-29(26-13-9-10-14-27(26)34)36-30-37-42(38,39)33(6,32(4,5)41-30)23-24-16-18-25(19-17-24)28-15-11-12-21-35-28/h9-19,21,29H,20,22-23H2,1-8H3,(H,36,37)/t29-,33?/m0/s1. The first-order valence-electron chi connectivity index (χ1n) is 14.6. The molecular formula is C33H44FN3O4SSi. The van der Waals surface area contributed by atoms with Crippen LogP contribution in [0.4, 0.5) is 4.39 Å². The first kappa shape index (κ1) is 32.8. The lowest BCUT2D eigenvalue weighted by atomic mass is 9.85. The van der Waals surface area contributed by atoms with Gasteiger partial charge in [0, 0.05) is 23.9 Å². The Morgan fingerprint density at radius 1 is 1.00 bits per heavy atom. The van der Waals surface area contributed by atoms with Gasteiger partial charge in [0.15, 0.2) is 8.32 Å².